The second kappa shape index (κ2) is 11.7. The van der Waals surface area contributed by atoms with E-state index >= 15 is 0 Å². The van der Waals surface area contributed by atoms with Crippen molar-refractivity contribution in [2.45, 2.75) is 46.2 Å². The third-order valence-corrected chi connectivity index (χ3v) is 4.81. The van der Waals surface area contributed by atoms with Crippen molar-refractivity contribution in [2.75, 3.05) is 11.9 Å². The molecule has 2 aromatic rings. The Morgan fingerprint density at radius 3 is 2.16 bits per heavy atom. The molecule has 0 aliphatic rings. The molecule has 0 bridgehead atoms. The van der Waals surface area contributed by atoms with Crippen molar-refractivity contribution in [1.29, 1.82) is 0 Å². The summed E-state index contributed by atoms with van der Waals surface area (Å²) in [6.07, 6.45) is 0.707. The second-order valence-electron chi connectivity index (χ2n) is 7.73. The molecule has 2 atom stereocenters. The van der Waals surface area contributed by atoms with E-state index < -0.39 is 30.6 Å². The quantitative estimate of drug-likeness (QED) is 0.530. The van der Waals surface area contributed by atoms with E-state index in [1.54, 1.807) is 38.1 Å². The summed E-state index contributed by atoms with van der Waals surface area (Å²) in [6.45, 7) is 7.15. The molecule has 31 heavy (non-hydrogen) atoms. The molecule has 0 spiro atoms. The van der Waals surface area contributed by atoms with Crippen molar-refractivity contribution in [2.24, 2.45) is 5.92 Å². The highest BCUT2D eigenvalue weighted by Gasteiger charge is 2.26. The van der Waals surface area contributed by atoms with Crippen molar-refractivity contribution in [3.8, 4) is 0 Å². The van der Waals surface area contributed by atoms with Crippen molar-refractivity contribution >= 4 is 23.6 Å². The highest BCUT2D eigenvalue weighted by atomic mass is 16.5. The highest BCUT2D eigenvalue weighted by Crippen LogP contribution is 2.17. The van der Waals surface area contributed by atoms with Crippen molar-refractivity contribution in [3.05, 3.63) is 65.7 Å². The van der Waals surface area contributed by atoms with Crippen LogP contribution in [0.15, 0.2) is 54.6 Å². The Morgan fingerprint density at radius 1 is 0.935 bits per heavy atom. The van der Waals surface area contributed by atoms with Crippen LogP contribution >= 0.6 is 0 Å². The first-order chi connectivity index (χ1) is 14.8. The van der Waals surface area contributed by atoms with Crippen molar-refractivity contribution in [1.82, 2.24) is 10.6 Å². The molecule has 0 heterocycles. The third-order valence-electron chi connectivity index (χ3n) is 4.81. The number of carbonyl (C=O) groups is 3. The first kappa shape index (κ1) is 23.9. The van der Waals surface area contributed by atoms with E-state index in [0.717, 1.165) is 11.1 Å². The van der Waals surface area contributed by atoms with Crippen LogP contribution in [0.25, 0.3) is 0 Å². The number of carbonyl (C=O) groups excluding carboxylic acids is 3. The predicted octanol–water partition coefficient (Wildman–Crippen LogP) is 3.95. The standard InChI is InChI=1S/C24H31N3O4/c1-5-20(18-13-11-17(4)12-14-18)26-21(28)15-31-23(29)22(16(2)3)27-24(30)25-19-9-7-6-8-10-19/h6-14,16,20,22H,5,15H2,1-4H3,(H,26,28)(H2,25,27,30)/t20-,22+/m1/s1. The number of anilines is 1. The first-order valence-corrected chi connectivity index (χ1v) is 10.4. The Labute approximate surface area is 183 Å². The summed E-state index contributed by atoms with van der Waals surface area (Å²) in [5.74, 6) is -1.26. The van der Waals surface area contributed by atoms with Crippen LogP contribution in [0.1, 0.15) is 44.4 Å². The van der Waals surface area contributed by atoms with E-state index in [9.17, 15) is 14.4 Å². The number of amides is 3. The summed E-state index contributed by atoms with van der Waals surface area (Å²) in [7, 11) is 0. The number of urea groups is 1. The summed E-state index contributed by atoms with van der Waals surface area (Å²) in [4.78, 5) is 37.0. The summed E-state index contributed by atoms with van der Waals surface area (Å²) in [5, 5.41) is 8.16. The smallest absolute Gasteiger partial charge is 0.329 e. The minimum absolute atomic E-state index is 0.164. The molecule has 3 N–H and O–H groups in total. The van der Waals surface area contributed by atoms with Crippen molar-refractivity contribution in [3.63, 3.8) is 0 Å². The minimum atomic E-state index is -0.879. The van der Waals surface area contributed by atoms with Gasteiger partial charge in [-0.15, -0.1) is 0 Å². The van der Waals surface area contributed by atoms with E-state index in [-0.39, 0.29) is 12.0 Å². The Hall–Kier alpha value is -3.35. The van der Waals surface area contributed by atoms with Gasteiger partial charge in [-0.3, -0.25) is 4.79 Å². The van der Waals surface area contributed by atoms with E-state index in [0.29, 0.717) is 12.1 Å². The maximum absolute atomic E-state index is 12.5. The summed E-state index contributed by atoms with van der Waals surface area (Å²) < 4.78 is 5.19. The number of ether oxygens (including phenoxy) is 1. The fourth-order valence-corrected chi connectivity index (χ4v) is 3.01. The highest BCUT2D eigenvalue weighted by molar-refractivity contribution is 5.93. The normalized spacial score (nSPS) is 12.5. The number of esters is 1. The van der Waals surface area contributed by atoms with E-state index in [2.05, 4.69) is 16.0 Å². The van der Waals surface area contributed by atoms with Crippen LogP contribution in [0.4, 0.5) is 10.5 Å². The Morgan fingerprint density at radius 2 is 1.58 bits per heavy atom. The Bertz CT molecular complexity index is 866. The van der Waals surface area contributed by atoms with Gasteiger partial charge in [0.25, 0.3) is 5.91 Å². The van der Waals surface area contributed by atoms with Crippen LogP contribution in [0.2, 0.25) is 0 Å². The van der Waals surface area contributed by atoms with Gasteiger partial charge >= 0.3 is 12.0 Å². The molecule has 7 heteroatoms. The predicted molar refractivity (Wildman–Crippen MR) is 121 cm³/mol. The Kier molecular flexibility index (Phi) is 9.06. The number of nitrogens with one attached hydrogen (secondary N) is 3. The molecule has 0 unspecified atom stereocenters. The van der Waals surface area contributed by atoms with Gasteiger partial charge in [0, 0.05) is 5.69 Å². The van der Waals surface area contributed by atoms with Gasteiger partial charge in [0.15, 0.2) is 6.61 Å². The molecule has 0 radical (unpaired) electrons. The molecule has 7 nitrogen and oxygen atoms in total. The number of hydrogen-bond donors (Lipinski definition) is 3. The Balaban J connectivity index is 1.87. The van der Waals surface area contributed by atoms with Crippen molar-refractivity contribution < 1.29 is 19.1 Å². The van der Waals surface area contributed by atoms with Gasteiger partial charge in [0.05, 0.1) is 6.04 Å². The minimum Gasteiger partial charge on any atom is -0.454 e. The lowest BCUT2D eigenvalue weighted by molar-refractivity contribution is -0.151. The zero-order chi connectivity index (χ0) is 22.8. The number of benzene rings is 2. The molecule has 0 aliphatic carbocycles. The van der Waals surface area contributed by atoms with E-state index in [1.807, 2.05) is 44.2 Å². The molecule has 0 saturated heterocycles. The molecule has 0 aromatic heterocycles. The van der Waals surface area contributed by atoms with Gasteiger partial charge in [0.1, 0.15) is 6.04 Å². The maximum Gasteiger partial charge on any atom is 0.329 e. The summed E-state index contributed by atoms with van der Waals surface area (Å²) >= 11 is 0. The number of rotatable bonds is 9. The zero-order valence-electron chi connectivity index (χ0n) is 18.5. The monoisotopic (exact) mass is 425 g/mol. The molecule has 2 aromatic carbocycles. The van der Waals surface area contributed by atoms with E-state index in [4.69, 9.17) is 4.74 Å². The molecule has 0 fully saturated rings. The van der Waals surface area contributed by atoms with Gasteiger partial charge < -0.3 is 20.7 Å². The van der Waals surface area contributed by atoms with Crippen LogP contribution in [-0.4, -0.2) is 30.6 Å². The van der Waals surface area contributed by atoms with Gasteiger partial charge in [-0.25, -0.2) is 9.59 Å². The number of para-hydroxylation sites is 1. The number of aryl methyl sites for hydroxylation is 1. The molecular weight excluding hydrogens is 394 g/mol. The van der Waals surface area contributed by atoms with Crippen LogP contribution in [0.5, 0.6) is 0 Å². The zero-order valence-corrected chi connectivity index (χ0v) is 18.5. The van der Waals surface area contributed by atoms with Gasteiger partial charge in [-0.2, -0.15) is 0 Å². The summed E-state index contributed by atoms with van der Waals surface area (Å²) in [6, 6.07) is 15.3. The third kappa shape index (κ3) is 7.77. The fourth-order valence-electron chi connectivity index (χ4n) is 3.01. The lowest BCUT2D eigenvalue weighted by Gasteiger charge is -2.22. The molecule has 2 rings (SSSR count). The largest absolute Gasteiger partial charge is 0.454 e. The molecule has 0 saturated carbocycles. The van der Waals surface area contributed by atoms with Crippen LogP contribution < -0.4 is 16.0 Å². The van der Waals surface area contributed by atoms with Crippen LogP contribution in [0.3, 0.4) is 0 Å². The SMILES string of the molecule is CC[C@@H](NC(=O)COC(=O)[C@@H](NC(=O)Nc1ccccc1)C(C)C)c1ccc(C)cc1. The molecular formula is C24H31N3O4. The topological polar surface area (TPSA) is 96.5 Å². The summed E-state index contributed by atoms with van der Waals surface area (Å²) in [5.41, 5.74) is 2.74. The average Bonchev–Trinajstić information content (AvgIpc) is 2.75. The lowest BCUT2D eigenvalue weighted by atomic mass is 10.0. The average molecular weight is 426 g/mol. The van der Waals surface area contributed by atoms with E-state index in [1.165, 1.54) is 0 Å². The van der Waals surface area contributed by atoms with Gasteiger partial charge in [-0.05, 0) is 37.0 Å². The van der Waals surface area contributed by atoms with Gasteiger partial charge in [0.2, 0.25) is 0 Å². The molecule has 0 aliphatic heterocycles. The fraction of sp³-hybridized carbons (Fsp3) is 0.375. The second-order valence-corrected chi connectivity index (χ2v) is 7.73. The molecule has 3 amide bonds. The number of hydrogen-bond acceptors (Lipinski definition) is 4. The first-order valence-electron chi connectivity index (χ1n) is 10.4. The lowest BCUT2D eigenvalue weighted by Crippen LogP contribution is -2.47. The van der Waals surface area contributed by atoms with Gasteiger partial charge in [-0.1, -0.05) is 68.8 Å². The van der Waals surface area contributed by atoms with Crippen LogP contribution in [0, 0.1) is 12.8 Å². The maximum atomic E-state index is 12.5. The van der Waals surface area contributed by atoms with Crippen LogP contribution in [-0.2, 0) is 14.3 Å². The molecule has 166 valence electrons.